The van der Waals surface area contributed by atoms with Gasteiger partial charge < -0.3 is 4.74 Å². The number of aromatic nitrogens is 3. The lowest BCUT2D eigenvalue weighted by Gasteiger charge is -2.08. The molecule has 0 amide bonds. The largest absolute Gasteiger partial charge is 0.456 e. The number of rotatable bonds is 4. The van der Waals surface area contributed by atoms with Crippen molar-refractivity contribution in [2.24, 2.45) is 7.05 Å². The molecule has 3 aromatic rings. The molecule has 0 bridgehead atoms. The van der Waals surface area contributed by atoms with Crippen LogP contribution in [0.3, 0.4) is 0 Å². The lowest BCUT2D eigenvalue weighted by atomic mass is 10.1. The number of carbonyl (C=O) groups is 1. The van der Waals surface area contributed by atoms with Gasteiger partial charge >= 0.3 is 5.97 Å². The first kappa shape index (κ1) is 15.2. The van der Waals surface area contributed by atoms with Gasteiger partial charge in [0.2, 0.25) is 0 Å². The molecule has 3 rings (SSSR count). The minimum absolute atomic E-state index is 0.138. The van der Waals surface area contributed by atoms with Crippen molar-refractivity contribution in [1.29, 1.82) is 0 Å². The Morgan fingerprint density at radius 3 is 2.78 bits per heavy atom. The van der Waals surface area contributed by atoms with Crippen LogP contribution in [0.15, 0.2) is 54.9 Å². The average molecular weight is 328 g/mol. The van der Waals surface area contributed by atoms with Crippen molar-refractivity contribution in [3.63, 3.8) is 0 Å². The van der Waals surface area contributed by atoms with E-state index in [-0.39, 0.29) is 6.61 Å². The highest BCUT2D eigenvalue weighted by molar-refractivity contribution is 6.33. The Hall–Kier alpha value is -2.66. The van der Waals surface area contributed by atoms with E-state index in [2.05, 4.69) is 10.1 Å². The second-order valence-corrected chi connectivity index (χ2v) is 5.34. The van der Waals surface area contributed by atoms with E-state index in [4.69, 9.17) is 16.3 Å². The maximum Gasteiger partial charge on any atom is 0.340 e. The highest BCUT2D eigenvalue weighted by atomic mass is 35.5. The Labute approximate surface area is 138 Å². The van der Waals surface area contributed by atoms with Gasteiger partial charge in [-0.25, -0.2) is 4.79 Å². The highest BCUT2D eigenvalue weighted by Crippen LogP contribution is 2.24. The summed E-state index contributed by atoms with van der Waals surface area (Å²) in [5, 5.41) is 4.38. The minimum Gasteiger partial charge on any atom is -0.456 e. The van der Waals surface area contributed by atoms with Crippen molar-refractivity contribution in [2.45, 2.75) is 6.61 Å². The van der Waals surface area contributed by atoms with E-state index in [1.165, 1.54) is 0 Å². The minimum atomic E-state index is -0.478. The maximum absolute atomic E-state index is 12.3. The first-order chi connectivity index (χ1) is 11.1. The topological polar surface area (TPSA) is 57.0 Å². The van der Waals surface area contributed by atoms with Crippen LogP contribution >= 0.6 is 11.6 Å². The van der Waals surface area contributed by atoms with Gasteiger partial charge in [-0.3, -0.25) is 9.67 Å². The first-order valence-electron chi connectivity index (χ1n) is 7.00. The van der Waals surface area contributed by atoms with Crippen molar-refractivity contribution in [1.82, 2.24) is 14.8 Å². The van der Waals surface area contributed by atoms with Crippen molar-refractivity contribution >= 4 is 17.6 Å². The van der Waals surface area contributed by atoms with Crippen LogP contribution in [-0.4, -0.2) is 20.7 Å². The predicted octanol–water partition coefficient (Wildman–Crippen LogP) is 3.49. The van der Waals surface area contributed by atoms with Crippen LogP contribution in [0.5, 0.6) is 0 Å². The molecule has 0 radical (unpaired) electrons. The molecule has 0 saturated heterocycles. The molecule has 2 heterocycles. The molecular formula is C17H14ClN3O2. The molecule has 0 aliphatic rings. The average Bonchev–Trinajstić information content (AvgIpc) is 2.99. The van der Waals surface area contributed by atoms with Gasteiger partial charge in [-0.05, 0) is 30.3 Å². The molecule has 0 atom stereocenters. The van der Waals surface area contributed by atoms with Crippen molar-refractivity contribution < 1.29 is 9.53 Å². The number of halogens is 1. The molecule has 0 aliphatic carbocycles. The summed E-state index contributed by atoms with van der Waals surface area (Å²) in [6, 6.07) is 12.6. The Morgan fingerprint density at radius 1 is 1.22 bits per heavy atom. The zero-order valence-electron chi connectivity index (χ0n) is 12.4. The Bertz CT molecular complexity index is 831. The fraction of sp³-hybridized carbons (Fsp3) is 0.118. The summed E-state index contributed by atoms with van der Waals surface area (Å²) >= 11 is 6.13. The molecule has 2 aromatic heterocycles. The van der Waals surface area contributed by atoms with Gasteiger partial charge in [-0.1, -0.05) is 23.7 Å². The van der Waals surface area contributed by atoms with Crippen LogP contribution in [0, 0.1) is 0 Å². The van der Waals surface area contributed by atoms with Crippen LogP contribution in [0.25, 0.3) is 11.3 Å². The molecule has 0 fully saturated rings. The van der Waals surface area contributed by atoms with Gasteiger partial charge in [0.25, 0.3) is 0 Å². The number of esters is 1. The molecule has 0 aliphatic heterocycles. The highest BCUT2D eigenvalue weighted by Gasteiger charge is 2.14. The summed E-state index contributed by atoms with van der Waals surface area (Å²) < 4.78 is 6.97. The number of ether oxygens (including phenoxy) is 1. The summed E-state index contributed by atoms with van der Waals surface area (Å²) in [6.45, 7) is 0.138. The number of benzene rings is 1. The fourth-order valence-corrected chi connectivity index (χ4v) is 2.33. The second-order valence-electron chi connectivity index (χ2n) is 4.93. The Kier molecular flexibility index (Phi) is 4.39. The van der Waals surface area contributed by atoms with Gasteiger partial charge in [0, 0.05) is 25.0 Å². The molecule has 0 unspecified atom stereocenters. The standard InChI is InChI=1S/C17H14ClN3O2/c1-21-13(7-9-20-21)11-23-17(22)14-10-12(5-6-15(14)18)16-4-2-3-8-19-16/h2-10H,11H2,1H3. The summed E-state index contributed by atoms with van der Waals surface area (Å²) in [7, 11) is 1.79. The number of hydrogen-bond donors (Lipinski definition) is 0. The van der Waals surface area contributed by atoms with E-state index in [0.29, 0.717) is 10.6 Å². The van der Waals surface area contributed by atoms with Crippen LogP contribution in [-0.2, 0) is 18.4 Å². The summed E-state index contributed by atoms with van der Waals surface area (Å²) in [5.41, 5.74) is 2.69. The second kappa shape index (κ2) is 6.62. The fourth-order valence-electron chi connectivity index (χ4n) is 2.13. The zero-order chi connectivity index (χ0) is 16.2. The van der Waals surface area contributed by atoms with Crippen LogP contribution < -0.4 is 0 Å². The lowest BCUT2D eigenvalue weighted by Crippen LogP contribution is -2.08. The molecule has 116 valence electrons. The van der Waals surface area contributed by atoms with Crippen LogP contribution in [0.4, 0.5) is 0 Å². The third-order valence-corrected chi connectivity index (χ3v) is 3.75. The Balaban J connectivity index is 1.81. The van der Waals surface area contributed by atoms with E-state index < -0.39 is 5.97 Å². The van der Waals surface area contributed by atoms with E-state index in [1.54, 1.807) is 42.3 Å². The normalized spacial score (nSPS) is 10.5. The summed E-state index contributed by atoms with van der Waals surface area (Å²) in [4.78, 5) is 16.6. The molecular weight excluding hydrogens is 314 g/mol. The van der Waals surface area contributed by atoms with Gasteiger partial charge in [0.05, 0.1) is 22.0 Å². The van der Waals surface area contributed by atoms with E-state index >= 15 is 0 Å². The lowest BCUT2D eigenvalue weighted by molar-refractivity contribution is 0.0464. The molecule has 0 N–H and O–H groups in total. The number of pyridine rings is 1. The quantitative estimate of drug-likeness (QED) is 0.688. The number of carbonyl (C=O) groups excluding carboxylic acids is 1. The van der Waals surface area contributed by atoms with E-state index in [9.17, 15) is 4.79 Å². The summed E-state index contributed by atoms with van der Waals surface area (Å²) in [6.07, 6.45) is 3.35. The third-order valence-electron chi connectivity index (χ3n) is 3.42. The van der Waals surface area contributed by atoms with Gasteiger partial charge in [-0.2, -0.15) is 5.10 Å². The smallest absolute Gasteiger partial charge is 0.340 e. The molecule has 0 saturated carbocycles. The third kappa shape index (κ3) is 3.40. The zero-order valence-corrected chi connectivity index (χ0v) is 13.2. The van der Waals surface area contributed by atoms with Gasteiger partial charge in [0.15, 0.2) is 0 Å². The number of aryl methyl sites for hydroxylation is 1. The number of nitrogens with zero attached hydrogens (tertiary/aromatic N) is 3. The predicted molar refractivity (Wildman–Crippen MR) is 87.0 cm³/mol. The molecule has 23 heavy (non-hydrogen) atoms. The summed E-state index contributed by atoms with van der Waals surface area (Å²) in [5.74, 6) is -0.478. The van der Waals surface area contributed by atoms with Crippen molar-refractivity contribution in [2.75, 3.05) is 0 Å². The van der Waals surface area contributed by atoms with Gasteiger partial charge in [0.1, 0.15) is 6.61 Å². The van der Waals surface area contributed by atoms with Crippen LogP contribution in [0.1, 0.15) is 16.1 Å². The molecule has 0 spiro atoms. The monoisotopic (exact) mass is 327 g/mol. The van der Waals surface area contributed by atoms with Crippen LogP contribution in [0.2, 0.25) is 5.02 Å². The SMILES string of the molecule is Cn1nccc1COC(=O)c1cc(-c2ccccn2)ccc1Cl. The Morgan fingerprint density at radius 2 is 2.09 bits per heavy atom. The first-order valence-corrected chi connectivity index (χ1v) is 7.38. The maximum atomic E-state index is 12.3. The number of hydrogen-bond acceptors (Lipinski definition) is 4. The molecule has 1 aromatic carbocycles. The van der Waals surface area contributed by atoms with E-state index in [0.717, 1.165) is 17.0 Å². The van der Waals surface area contributed by atoms with Gasteiger partial charge in [-0.15, -0.1) is 0 Å². The molecule has 5 nitrogen and oxygen atoms in total. The van der Waals surface area contributed by atoms with Crippen molar-refractivity contribution in [3.05, 3.63) is 71.1 Å². The van der Waals surface area contributed by atoms with E-state index in [1.807, 2.05) is 24.3 Å². The molecule has 6 heteroatoms. The van der Waals surface area contributed by atoms with Crippen molar-refractivity contribution in [3.8, 4) is 11.3 Å².